The van der Waals surface area contributed by atoms with Crippen LogP contribution in [0, 0.1) is 6.92 Å². The molecule has 0 spiro atoms. The normalized spacial score (nSPS) is 10.7. The minimum atomic E-state index is 0.380. The van der Waals surface area contributed by atoms with E-state index in [0.717, 1.165) is 15.7 Å². The van der Waals surface area contributed by atoms with Crippen LogP contribution in [0.5, 0.6) is 0 Å². The van der Waals surface area contributed by atoms with Crippen LogP contribution in [-0.4, -0.2) is 15.0 Å². The van der Waals surface area contributed by atoms with Crippen LogP contribution in [0.3, 0.4) is 0 Å². The third-order valence-electron chi connectivity index (χ3n) is 1.69. The number of aryl methyl sites for hydroxylation is 1. The molecule has 0 unspecified atom stereocenters. The summed E-state index contributed by atoms with van der Waals surface area (Å²) >= 11 is 9.17. The molecule has 0 atom stereocenters. The number of nitrogens with zero attached hydrogens (tertiary/aromatic N) is 3. The van der Waals surface area contributed by atoms with Crippen molar-refractivity contribution in [2.24, 2.45) is 0 Å². The molecule has 3 nitrogen and oxygen atoms in total. The second kappa shape index (κ2) is 3.20. The number of halogens is 2. The fourth-order valence-corrected chi connectivity index (χ4v) is 1.50. The predicted molar refractivity (Wildman–Crippen MR) is 54.8 cm³/mol. The van der Waals surface area contributed by atoms with E-state index in [2.05, 4.69) is 30.9 Å². The Bertz CT molecular complexity index is 472. The van der Waals surface area contributed by atoms with Crippen LogP contribution in [-0.2, 0) is 0 Å². The lowest BCUT2D eigenvalue weighted by atomic mass is 10.3. The molecule has 0 bridgehead atoms. The van der Waals surface area contributed by atoms with Crippen LogP contribution in [0.15, 0.2) is 17.0 Å². The average molecular weight is 259 g/mol. The lowest BCUT2D eigenvalue weighted by Crippen LogP contribution is -1.90. The van der Waals surface area contributed by atoms with Gasteiger partial charge in [-0.15, -0.1) is 0 Å². The first kappa shape index (κ1) is 8.84. The second-order valence-corrected chi connectivity index (χ2v) is 3.74. The van der Waals surface area contributed by atoms with Crippen molar-refractivity contribution < 1.29 is 0 Å². The van der Waals surface area contributed by atoms with Crippen molar-refractivity contribution in [1.29, 1.82) is 0 Å². The van der Waals surface area contributed by atoms with Gasteiger partial charge < -0.3 is 0 Å². The molecule has 0 radical (unpaired) electrons. The van der Waals surface area contributed by atoms with Crippen molar-refractivity contribution in [2.75, 3.05) is 0 Å². The average Bonchev–Trinajstić information content (AvgIpc) is 2.09. The van der Waals surface area contributed by atoms with Gasteiger partial charge in [0.1, 0.15) is 16.4 Å². The number of rotatable bonds is 0. The summed E-state index contributed by atoms with van der Waals surface area (Å²) in [6.45, 7) is 1.95. The quantitative estimate of drug-likeness (QED) is 0.539. The van der Waals surface area contributed by atoms with Crippen molar-refractivity contribution >= 4 is 38.6 Å². The molecule has 0 N–H and O–H groups in total. The van der Waals surface area contributed by atoms with Gasteiger partial charge >= 0.3 is 0 Å². The van der Waals surface area contributed by atoms with Crippen LogP contribution in [0.1, 0.15) is 5.56 Å². The first-order valence-corrected chi connectivity index (χ1v) is 4.79. The highest BCUT2D eigenvalue weighted by atomic mass is 79.9. The van der Waals surface area contributed by atoms with Gasteiger partial charge in [-0.3, -0.25) is 0 Å². The van der Waals surface area contributed by atoms with Crippen LogP contribution < -0.4 is 0 Å². The van der Waals surface area contributed by atoms with Gasteiger partial charge in [-0.05, 0) is 34.5 Å². The zero-order chi connectivity index (χ0) is 9.42. The summed E-state index contributed by atoms with van der Waals surface area (Å²) in [6, 6.07) is 1.92. The highest BCUT2D eigenvalue weighted by molar-refractivity contribution is 9.10. The second-order valence-electron chi connectivity index (χ2n) is 2.63. The fraction of sp³-hybridized carbons (Fsp3) is 0.125. The standard InChI is InChI=1S/C8H5BrClN3/c1-4-2-5-6(13-7(4)9)8(10)12-3-11-5/h2-3H,1H3. The van der Waals surface area contributed by atoms with Gasteiger partial charge in [-0.1, -0.05) is 11.6 Å². The first-order valence-electron chi connectivity index (χ1n) is 3.62. The van der Waals surface area contributed by atoms with Gasteiger partial charge in [0.05, 0.1) is 5.52 Å². The molecule has 13 heavy (non-hydrogen) atoms. The molecule has 0 aromatic carbocycles. The fourth-order valence-electron chi connectivity index (χ4n) is 1.03. The highest BCUT2D eigenvalue weighted by Crippen LogP contribution is 2.22. The number of hydrogen-bond donors (Lipinski definition) is 0. The molecule has 0 fully saturated rings. The van der Waals surface area contributed by atoms with Crippen molar-refractivity contribution in [3.05, 3.63) is 27.7 Å². The van der Waals surface area contributed by atoms with Crippen molar-refractivity contribution in [1.82, 2.24) is 15.0 Å². The maximum atomic E-state index is 5.85. The number of fused-ring (bicyclic) bond motifs is 1. The van der Waals surface area contributed by atoms with E-state index in [-0.39, 0.29) is 0 Å². The number of pyridine rings is 1. The summed E-state index contributed by atoms with van der Waals surface area (Å²) in [6.07, 6.45) is 1.43. The lowest BCUT2D eigenvalue weighted by Gasteiger charge is -2.00. The van der Waals surface area contributed by atoms with E-state index < -0.39 is 0 Å². The van der Waals surface area contributed by atoms with Crippen molar-refractivity contribution in [2.45, 2.75) is 6.92 Å². The Morgan fingerprint density at radius 2 is 2.15 bits per heavy atom. The van der Waals surface area contributed by atoms with Gasteiger partial charge in [-0.25, -0.2) is 15.0 Å². The molecular weight excluding hydrogens is 253 g/mol. The smallest absolute Gasteiger partial charge is 0.158 e. The summed E-state index contributed by atoms with van der Waals surface area (Å²) in [5.74, 6) is 0. The molecule has 66 valence electrons. The first-order chi connectivity index (χ1) is 6.18. The van der Waals surface area contributed by atoms with E-state index in [1.807, 2.05) is 13.0 Å². The van der Waals surface area contributed by atoms with Crippen molar-refractivity contribution in [3.63, 3.8) is 0 Å². The van der Waals surface area contributed by atoms with Crippen LogP contribution in [0.2, 0.25) is 5.15 Å². The third-order valence-corrected chi connectivity index (χ3v) is 2.77. The number of aromatic nitrogens is 3. The molecule has 0 aliphatic rings. The van der Waals surface area contributed by atoms with Crippen LogP contribution in [0.4, 0.5) is 0 Å². The molecule has 0 saturated heterocycles. The van der Waals surface area contributed by atoms with E-state index in [4.69, 9.17) is 11.6 Å². The molecule has 0 amide bonds. The molecule has 2 aromatic rings. The summed E-state index contributed by atoms with van der Waals surface area (Å²) in [5.41, 5.74) is 2.42. The summed E-state index contributed by atoms with van der Waals surface area (Å²) in [7, 11) is 0. The zero-order valence-electron chi connectivity index (χ0n) is 6.75. The lowest BCUT2D eigenvalue weighted by molar-refractivity contribution is 1.17. The predicted octanol–water partition coefficient (Wildman–Crippen LogP) is 2.75. The summed E-state index contributed by atoms with van der Waals surface area (Å²) < 4.78 is 0.775. The SMILES string of the molecule is Cc1cc2ncnc(Cl)c2nc1Br. The Hall–Kier alpha value is -0.740. The molecule has 0 saturated carbocycles. The van der Waals surface area contributed by atoms with E-state index in [0.29, 0.717) is 10.7 Å². The van der Waals surface area contributed by atoms with E-state index in [1.165, 1.54) is 6.33 Å². The molecule has 2 aromatic heterocycles. The largest absolute Gasteiger partial charge is 0.236 e. The molecule has 2 rings (SSSR count). The Morgan fingerprint density at radius 1 is 1.38 bits per heavy atom. The van der Waals surface area contributed by atoms with Crippen molar-refractivity contribution in [3.8, 4) is 0 Å². The minimum Gasteiger partial charge on any atom is -0.236 e. The summed E-state index contributed by atoms with van der Waals surface area (Å²) in [4.78, 5) is 12.1. The third kappa shape index (κ3) is 1.51. The Balaban J connectivity index is 2.89. The summed E-state index contributed by atoms with van der Waals surface area (Å²) in [5, 5.41) is 0.380. The van der Waals surface area contributed by atoms with Gasteiger partial charge in [0, 0.05) is 0 Å². The van der Waals surface area contributed by atoms with E-state index >= 15 is 0 Å². The highest BCUT2D eigenvalue weighted by Gasteiger charge is 2.05. The molecule has 2 heterocycles. The topological polar surface area (TPSA) is 38.7 Å². The van der Waals surface area contributed by atoms with E-state index in [9.17, 15) is 0 Å². The maximum Gasteiger partial charge on any atom is 0.158 e. The number of hydrogen-bond acceptors (Lipinski definition) is 3. The Kier molecular flexibility index (Phi) is 2.17. The minimum absolute atomic E-state index is 0.380. The Labute approximate surface area is 88.3 Å². The van der Waals surface area contributed by atoms with Crippen LogP contribution in [0.25, 0.3) is 11.0 Å². The molecular formula is C8H5BrClN3. The van der Waals surface area contributed by atoms with Gasteiger partial charge in [0.2, 0.25) is 0 Å². The molecule has 5 heteroatoms. The molecule has 0 aliphatic heterocycles. The monoisotopic (exact) mass is 257 g/mol. The maximum absolute atomic E-state index is 5.85. The molecule has 0 aliphatic carbocycles. The van der Waals surface area contributed by atoms with Gasteiger partial charge in [0.15, 0.2) is 5.15 Å². The van der Waals surface area contributed by atoms with Gasteiger partial charge in [0.25, 0.3) is 0 Å². The Morgan fingerprint density at radius 3 is 2.92 bits per heavy atom. The van der Waals surface area contributed by atoms with Gasteiger partial charge in [-0.2, -0.15) is 0 Å². The zero-order valence-corrected chi connectivity index (χ0v) is 9.09. The van der Waals surface area contributed by atoms with Crippen LogP contribution >= 0.6 is 27.5 Å². The van der Waals surface area contributed by atoms with E-state index in [1.54, 1.807) is 0 Å².